The van der Waals surface area contributed by atoms with Gasteiger partial charge < -0.3 is 15.0 Å². The SMILES string of the molecule is COc1ccc(Cl)cc1N(CC(=O)N(Cc1ccccc1F)[C@H](Cc1ccccc1)C(=O)NC1CCCCC1)S(=O)(=O)c1ccccc1. The fourth-order valence-electron chi connectivity index (χ4n) is 6.00. The molecule has 1 aliphatic rings. The quantitative estimate of drug-likeness (QED) is 0.167. The van der Waals surface area contributed by atoms with Crippen LogP contribution in [-0.4, -0.2) is 50.9 Å². The zero-order valence-electron chi connectivity index (χ0n) is 26.7. The van der Waals surface area contributed by atoms with Gasteiger partial charge in [0.05, 0.1) is 17.7 Å². The molecule has 0 aliphatic heterocycles. The number of hydrogen-bond acceptors (Lipinski definition) is 5. The molecule has 5 rings (SSSR count). The second-order valence-corrected chi connectivity index (χ2v) is 14.1. The Morgan fingerprint density at radius 1 is 0.917 bits per heavy atom. The van der Waals surface area contributed by atoms with Crippen LogP contribution in [0.5, 0.6) is 5.75 Å². The number of halogens is 2. The standard InChI is InChI=1S/C37H39ClFN3O5S/c1-47-35-22-21-29(38)24-33(35)42(48(45,46)31-18-9-4-10-19-31)26-36(43)41(25-28-15-11-12-20-32(28)39)34(23-27-13-5-2-6-14-27)37(44)40-30-16-7-3-8-17-30/h2,4-6,9-15,18-22,24,30,34H,3,7-8,16-17,23,25-26H2,1H3,(H,40,44)/t34-/m1/s1. The first-order valence-corrected chi connectivity index (χ1v) is 17.8. The van der Waals surface area contributed by atoms with Crippen molar-refractivity contribution in [1.82, 2.24) is 10.2 Å². The van der Waals surface area contributed by atoms with Crippen LogP contribution in [0.1, 0.15) is 43.2 Å². The third-order valence-electron chi connectivity index (χ3n) is 8.54. The normalized spacial score (nSPS) is 14.1. The van der Waals surface area contributed by atoms with Crippen LogP contribution in [0.2, 0.25) is 5.02 Å². The lowest BCUT2D eigenvalue weighted by molar-refractivity contribution is -0.140. The van der Waals surface area contributed by atoms with Gasteiger partial charge in [0.25, 0.3) is 10.0 Å². The van der Waals surface area contributed by atoms with Gasteiger partial charge in [-0.15, -0.1) is 0 Å². The van der Waals surface area contributed by atoms with E-state index in [1.54, 1.807) is 42.5 Å². The summed E-state index contributed by atoms with van der Waals surface area (Å²) < 4.78 is 50.1. The van der Waals surface area contributed by atoms with Gasteiger partial charge >= 0.3 is 0 Å². The zero-order chi connectivity index (χ0) is 34.1. The summed E-state index contributed by atoms with van der Waals surface area (Å²) in [5.41, 5.74) is 1.02. The first kappa shape index (κ1) is 34.9. The van der Waals surface area contributed by atoms with E-state index in [1.165, 1.54) is 42.3 Å². The maximum atomic E-state index is 15.2. The Hall–Kier alpha value is -4.41. The van der Waals surface area contributed by atoms with Crippen LogP contribution in [0.15, 0.2) is 108 Å². The van der Waals surface area contributed by atoms with Crippen molar-refractivity contribution in [2.75, 3.05) is 18.0 Å². The minimum absolute atomic E-state index is 0.0410. The Labute approximate surface area is 286 Å². The molecule has 0 spiro atoms. The molecular formula is C37H39ClFN3O5S. The highest BCUT2D eigenvalue weighted by Gasteiger charge is 2.36. The number of benzene rings is 4. The third-order valence-corrected chi connectivity index (χ3v) is 10.5. The Bertz CT molecular complexity index is 1800. The molecule has 0 aromatic heterocycles. The molecule has 48 heavy (non-hydrogen) atoms. The van der Waals surface area contributed by atoms with E-state index in [2.05, 4.69) is 5.32 Å². The van der Waals surface area contributed by atoms with Gasteiger partial charge in [0.1, 0.15) is 24.2 Å². The van der Waals surface area contributed by atoms with Crippen molar-refractivity contribution in [2.45, 2.75) is 62.0 Å². The predicted molar refractivity (Wildman–Crippen MR) is 185 cm³/mol. The molecule has 4 aromatic carbocycles. The molecule has 8 nitrogen and oxygen atoms in total. The van der Waals surface area contributed by atoms with E-state index >= 15 is 4.39 Å². The number of carbonyl (C=O) groups is 2. The van der Waals surface area contributed by atoms with Gasteiger partial charge in [0, 0.05) is 29.6 Å². The van der Waals surface area contributed by atoms with Crippen molar-refractivity contribution in [3.05, 3.63) is 125 Å². The Kier molecular flexibility index (Phi) is 11.7. The molecule has 1 fully saturated rings. The average molecular weight is 692 g/mol. The maximum Gasteiger partial charge on any atom is 0.264 e. The first-order chi connectivity index (χ1) is 23.2. The van der Waals surface area contributed by atoms with Gasteiger partial charge in [0.2, 0.25) is 11.8 Å². The predicted octanol–water partition coefficient (Wildman–Crippen LogP) is 6.77. The van der Waals surface area contributed by atoms with E-state index in [9.17, 15) is 18.0 Å². The summed E-state index contributed by atoms with van der Waals surface area (Å²) >= 11 is 6.35. The summed E-state index contributed by atoms with van der Waals surface area (Å²) in [5.74, 6) is -1.47. The lowest BCUT2D eigenvalue weighted by Crippen LogP contribution is -2.55. The van der Waals surface area contributed by atoms with Gasteiger partial charge in [-0.05, 0) is 54.8 Å². The van der Waals surface area contributed by atoms with E-state index in [1.807, 2.05) is 30.3 Å². The summed E-state index contributed by atoms with van der Waals surface area (Å²) in [5, 5.41) is 3.37. The van der Waals surface area contributed by atoms with Crippen LogP contribution in [0.3, 0.4) is 0 Å². The van der Waals surface area contributed by atoms with Crippen LogP contribution in [-0.2, 0) is 32.6 Å². The minimum atomic E-state index is -4.37. The summed E-state index contributed by atoms with van der Waals surface area (Å²) in [4.78, 5) is 30.1. The van der Waals surface area contributed by atoms with E-state index in [0.29, 0.717) is 0 Å². The summed E-state index contributed by atoms with van der Waals surface area (Å²) in [7, 11) is -2.98. The monoisotopic (exact) mass is 691 g/mol. The average Bonchev–Trinajstić information content (AvgIpc) is 3.10. The topological polar surface area (TPSA) is 96.0 Å². The summed E-state index contributed by atoms with van der Waals surface area (Å²) in [6, 6.07) is 26.3. The second kappa shape index (κ2) is 16.1. The Morgan fingerprint density at radius 3 is 2.23 bits per heavy atom. The third kappa shape index (κ3) is 8.54. The zero-order valence-corrected chi connectivity index (χ0v) is 28.3. The fraction of sp³-hybridized carbons (Fsp3) is 0.297. The summed E-state index contributed by atoms with van der Waals surface area (Å²) in [6.45, 7) is -0.989. The van der Waals surface area contributed by atoms with Crippen LogP contribution in [0.25, 0.3) is 0 Å². The van der Waals surface area contributed by atoms with E-state index in [-0.39, 0.29) is 51.8 Å². The smallest absolute Gasteiger partial charge is 0.264 e. The van der Waals surface area contributed by atoms with E-state index in [4.69, 9.17) is 16.3 Å². The number of nitrogens with one attached hydrogen (secondary N) is 1. The number of rotatable bonds is 13. The van der Waals surface area contributed by atoms with E-state index in [0.717, 1.165) is 42.0 Å². The molecule has 0 heterocycles. The number of amides is 2. The minimum Gasteiger partial charge on any atom is -0.495 e. The Balaban J connectivity index is 1.60. The van der Waals surface area contributed by atoms with Gasteiger partial charge in [0.15, 0.2) is 0 Å². The van der Waals surface area contributed by atoms with Gasteiger partial charge in [-0.1, -0.05) is 97.6 Å². The van der Waals surface area contributed by atoms with Gasteiger partial charge in [-0.25, -0.2) is 12.8 Å². The number of carbonyl (C=O) groups excluding carboxylic acids is 2. The van der Waals surface area contributed by atoms with E-state index < -0.39 is 34.3 Å². The van der Waals surface area contributed by atoms with Crippen LogP contribution in [0, 0.1) is 5.82 Å². The number of methoxy groups -OCH3 is 1. The van der Waals surface area contributed by atoms with Crippen molar-refractivity contribution in [2.24, 2.45) is 0 Å². The van der Waals surface area contributed by atoms with Gasteiger partial charge in [-0.3, -0.25) is 13.9 Å². The number of nitrogens with zero attached hydrogens (tertiary/aromatic N) is 2. The number of sulfonamides is 1. The molecule has 1 atom stereocenters. The van der Waals surface area contributed by atoms with Crippen molar-refractivity contribution in [3.8, 4) is 5.75 Å². The van der Waals surface area contributed by atoms with Crippen molar-refractivity contribution >= 4 is 39.1 Å². The second-order valence-electron chi connectivity index (χ2n) is 11.8. The molecule has 0 bridgehead atoms. The highest BCUT2D eigenvalue weighted by atomic mass is 35.5. The molecule has 252 valence electrons. The molecule has 1 aliphatic carbocycles. The molecule has 4 aromatic rings. The molecule has 1 N–H and O–H groups in total. The maximum absolute atomic E-state index is 15.2. The lowest BCUT2D eigenvalue weighted by Gasteiger charge is -2.35. The van der Waals surface area contributed by atoms with Crippen molar-refractivity contribution in [1.29, 1.82) is 0 Å². The molecule has 0 radical (unpaired) electrons. The lowest BCUT2D eigenvalue weighted by atomic mass is 9.94. The highest BCUT2D eigenvalue weighted by Crippen LogP contribution is 2.35. The number of ether oxygens (including phenoxy) is 1. The molecule has 11 heteroatoms. The first-order valence-electron chi connectivity index (χ1n) is 16.0. The highest BCUT2D eigenvalue weighted by molar-refractivity contribution is 7.92. The number of hydrogen-bond donors (Lipinski definition) is 1. The number of anilines is 1. The molecule has 2 amide bonds. The van der Waals surface area contributed by atoms with Gasteiger partial charge in [-0.2, -0.15) is 0 Å². The summed E-state index contributed by atoms with van der Waals surface area (Å²) in [6.07, 6.45) is 4.84. The van der Waals surface area contributed by atoms with Crippen molar-refractivity contribution < 1.29 is 27.1 Å². The van der Waals surface area contributed by atoms with Crippen molar-refractivity contribution in [3.63, 3.8) is 0 Å². The van der Waals surface area contributed by atoms with Crippen LogP contribution in [0.4, 0.5) is 10.1 Å². The van der Waals surface area contributed by atoms with Crippen LogP contribution >= 0.6 is 11.6 Å². The fourth-order valence-corrected chi connectivity index (χ4v) is 7.60. The Morgan fingerprint density at radius 2 is 1.56 bits per heavy atom. The largest absolute Gasteiger partial charge is 0.495 e. The molecule has 0 unspecified atom stereocenters. The molecule has 0 saturated heterocycles. The molecule has 1 saturated carbocycles. The molecular weight excluding hydrogens is 653 g/mol. The van der Waals surface area contributed by atoms with Crippen LogP contribution < -0.4 is 14.4 Å².